The smallest absolute Gasteiger partial charge is 0.252 e. The molecule has 36 heavy (non-hydrogen) atoms. The predicted molar refractivity (Wildman–Crippen MR) is 129 cm³/mol. The molecule has 1 aromatic heterocycles. The van der Waals surface area contributed by atoms with Crippen LogP contribution in [-0.2, 0) is 0 Å². The highest BCUT2D eigenvalue weighted by molar-refractivity contribution is 6.31. The van der Waals surface area contributed by atoms with Crippen LogP contribution >= 0.6 is 11.6 Å². The van der Waals surface area contributed by atoms with Gasteiger partial charge in [-0.25, -0.2) is 9.37 Å². The van der Waals surface area contributed by atoms with Crippen molar-refractivity contribution in [2.45, 2.75) is 6.04 Å². The van der Waals surface area contributed by atoms with Crippen molar-refractivity contribution >= 4 is 23.3 Å². The second kappa shape index (κ2) is 12.3. The maximum Gasteiger partial charge on any atom is 0.252 e. The highest BCUT2D eigenvalue weighted by Gasteiger charge is 2.25. The van der Waals surface area contributed by atoms with Crippen LogP contribution in [0.5, 0.6) is 17.2 Å². The van der Waals surface area contributed by atoms with Crippen molar-refractivity contribution in [3.63, 3.8) is 0 Å². The Hall–Kier alpha value is -3.73. The topological polar surface area (TPSA) is 127 Å². The van der Waals surface area contributed by atoms with Gasteiger partial charge in [0.25, 0.3) is 5.91 Å². The SMILES string of the molecule is COc1cc(C(=O)N[C@@H](CO)C(=O)c2ccc(OC)c(-c3ccc(F)c(Cl)c3)n2)ccc1OCCO. The molecule has 0 aliphatic carbocycles. The number of ketones is 1. The molecule has 0 unspecified atom stereocenters. The summed E-state index contributed by atoms with van der Waals surface area (Å²) in [5, 5.41) is 21.1. The number of aliphatic hydroxyl groups is 2. The predicted octanol–water partition coefficient (Wildman–Crippen LogP) is 2.90. The number of nitrogens with one attached hydrogen (secondary N) is 1. The van der Waals surface area contributed by atoms with Gasteiger partial charge in [-0.3, -0.25) is 9.59 Å². The van der Waals surface area contributed by atoms with Crippen molar-refractivity contribution in [3.8, 4) is 28.5 Å². The Morgan fingerprint density at radius 3 is 2.39 bits per heavy atom. The lowest BCUT2D eigenvalue weighted by Gasteiger charge is -2.17. The number of Topliss-reactive ketones (excluding diaryl/α,β-unsaturated/α-hetero) is 1. The average Bonchev–Trinajstić information content (AvgIpc) is 2.91. The zero-order valence-electron chi connectivity index (χ0n) is 19.5. The molecule has 3 rings (SSSR count). The second-order valence-corrected chi connectivity index (χ2v) is 7.79. The van der Waals surface area contributed by atoms with Gasteiger partial charge in [0.2, 0.25) is 5.78 Å². The monoisotopic (exact) mass is 518 g/mol. The highest BCUT2D eigenvalue weighted by Crippen LogP contribution is 2.31. The first-order valence-electron chi connectivity index (χ1n) is 10.7. The van der Waals surface area contributed by atoms with E-state index in [0.29, 0.717) is 17.1 Å². The lowest BCUT2D eigenvalue weighted by molar-refractivity contribution is 0.0810. The van der Waals surface area contributed by atoms with Gasteiger partial charge in [0.15, 0.2) is 11.5 Å². The molecule has 0 bridgehead atoms. The van der Waals surface area contributed by atoms with Gasteiger partial charge in [-0.2, -0.15) is 0 Å². The zero-order valence-corrected chi connectivity index (χ0v) is 20.2. The minimum absolute atomic E-state index is 0.0456. The number of amides is 1. The number of pyridine rings is 1. The van der Waals surface area contributed by atoms with Crippen LogP contribution in [0.15, 0.2) is 48.5 Å². The fraction of sp³-hybridized carbons (Fsp3) is 0.240. The lowest BCUT2D eigenvalue weighted by atomic mass is 10.1. The Kier molecular flexibility index (Phi) is 9.18. The summed E-state index contributed by atoms with van der Waals surface area (Å²) in [6, 6.07) is 9.88. The quantitative estimate of drug-likeness (QED) is 0.331. The number of carbonyl (C=O) groups excluding carboxylic acids is 2. The first-order valence-corrected chi connectivity index (χ1v) is 11.1. The third-order valence-electron chi connectivity index (χ3n) is 5.10. The van der Waals surface area contributed by atoms with Crippen LogP contribution in [0, 0.1) is 5.82 Å². The summed E-state index contributed by atoms with van der Waals surface area (Å²) in [6.45, 7) is -0.838. The summed E-state index contributed by atoms with van der Waals surface area (Å²) >= 11 is 5.89. The molecule has 2 aromatic carbocycles. The summed E-state index contributed by atoms with van der Waals surface area (Å²) in [4.78, 5) is 30.2. The number of aromatic nitrogens is 1. The second-order valence-electron chi connectivity index (χ2n) is 7.39. The molecule has 3 aromatic rings. The molecule has 0 fully saturated rings. The van der Waals surface area contributed by atoms with Crippen molar-refractivity contribution in [2.24, 2.45) is 0 Å². The highest BCUT2D eigenvalue weighted by atomic mass is 35.5. The summed E-state index contributed by atoms with van der Waals surface area (Å²) in [5.41, 5.74) is 0.735. The van der Waals surface area contributed by atoms with E-state index in [2.05, 4.69) is 10.3 Å². The van der Waals surface area contributed by atoms with Crippen LogP contribution in [0.4, 0.5) is 4.39 Å². The molecule has 0 aliphatic heterocycles. The van der Waals surface area contributed by atoms with E-state index in [4.69, 9.17) is 30.9 Å². The van der Waals surface area contributed by atoms with Crippen LogP contribution < -0.4 is 19.5 Å². The summed E-state index contributed by atoms with van der Waals surface area (Å²) in [7, 11) is 2.81. The Morgan fingerprint density at radius 1 is 1.03 bits per heavy atom. The average molecular weight is 519 g/mol. The van der Waals surface area contributed by atoms with E-state index in [1.165, 1.54) is 62.8 Å². The van der Waals surface area contributed by atoms with E-state index in [1.807, 2.05) is 0 Å². The number of rotatable bonds is 11. The fourth-order valence-corrected chi connectivity index (χ4v) is 3.48. The summed E-state index contributed by atoms with van der Waals surface area (Å²) in [6.07, 6.45) is 0. The van der Waals surface area contributed by atoms with Gasteiger partial charge in [-0.1, -0.05) is 11.6 Å². The van der Waals surface area contributed by atoms with E-state index in [-0.39, 0.29) is 40.9 Å². The van der Waals surface area contributed by atoms with Gasteiger partial charge >= 0.3 is 0 Å². The molecule has 0 saturated heterocycles. The van der Waals surface area contributed by atoms with Crippen molar-refractivity contribution in [1.29, 1.82) is 0 Å². The summed E-state index contributed by atoms with van der Waals surface area (Å²) < 4.78 is 29.5. The van der Waals surface area contributed by atoms with Crippen LogP contribution in [0.1, 0.15) is 20.8 Å². The third kappa shape index (κ3) is 6.09. The molecular formula is C25H24ClFN2O7. The molecule has 9 nitrogen and oxygen atoms in total. The molecule has 11 heteroatoms. The Bertz CT molecular complexity index is 1260. The van der Waals surface area contributed by atoms with E-state index in [9.17, 15) is 19.1 Å². The number of nitrogens with zero attached hydrogens (tertiary/aromatic N) is 1. The standard InChI is InChI=1S/C25H24ClFN2O7/c1-34-21-8-6-18(28-23(21)14-3-5-17(27)16(26)11-14)24(32)19(13-31)29-25(33)15-4-7-20(36-10-9-30)22(12-15)35-2/h3-8,11-12,19,30-31H,9-10,13H2,1-2H3,(H,29,33)/t19-/m0/s1. The number of hydrogen-bond donors (Lipinski definition) is 3. The molecule has 1 amide bonds. The number of aliphatic hydroxyl groups excluding tert-OH is 2. The van der Waals surface area contributed by atoms with E-state index < -0.39 is 30.2 Å². The number of hydrogen-bond acceptors (Lipinski definition) is 8. The molecule has 0 radical (unpaired) electrons. The van der Waals surface area contributed by atoms with E-state index in [1.54, 1.807) is 0 Å². The molecule has 3 N–H and O–H groups in total. The molecule has 0 saturated carbocycles. The van der Waals surface area contributed by atoms with Crippen molar-refractivity contribution < 1.29 is 38.4 Å². The largest absolute Gasteiger partial charge is 0.494 e. The van der Waals surface area contributed by atoms with Crippen LogP contribution in [0.2, 0.25) is 5.02 Å². The van der Waals surface area contributed by atoms with Gasteiger partial charge in [0.05, 0.1) is 32.5 Å². The normalized spacial score (nSPS) is 11.5. The number of ether oxygens (including phenoxy) is 3. The van der Waals surface area contributed by atoms with Crippen molar-refractivity contribution in [3.05, 3.63) is 70.6 Å². The number of halogens is 2. The van der Waals surface area contributed by atoms with Crippen LogP contribution in [0.25, 0.3) is 11.3 Å². The van der Waals surface area contributed by atoms with Gasteiger partial charge in [-0.15, -0.1) is 0 Å². The Labute approximate surface area is 211 Å². The number of benzene rings is 2. The third-order valence-corrected chi connectivity index (χ3v) is 5.39. The van der Waals surface area contributed by atoms with Gasteiger partial charge in [0, 0.05) is 11.1 Å². The maximum absolute atomic E-state index is 13.6. The van der Waals surface area contributed by atoms with Crippen LogP contribution in [-0.4, -0.2) is 67.0 Å². The van der Waals surface area contributed by atoms with E-state index >= 15 is 0 Å². The minimum Gasteiger partial charge on any atom is -0.494 e. The van der Waals surface area contributed by atoms with E-state index in [0.717, 1.165) is 0 Å². The lowest BCUT2D eigenvalue weighted by Crippen LogP contribution is -2.43. The molecule has 1 heterocycles. The summed E-state index contributed by atoms with van der Waals surface area (Å²) in [5.74, 6) is -1.02. The molecule has 1 atom stereocenters. The Morgan fingerprint density at radius 2 is 1.75 bits per heavy atom. The maximum atomic E-state index is 13.6. The van der Waals surface area contributed by atoms with Crippen LogP contribution in [0.3, 0.4) is 0 Å². The first kappa shape index (κ1) is 26.9. The van der Waals surface area contributed by atoms with Gasteiger partial charge in [0.1, 0.15) is 35.6 Å². The zero-order chi connectivity index (χ0) is 26.2. The Balaban J connectivity index is 1.85. The van der Waals surface area contributed by atoms with Gasteiger partial charge < -0.3 is 29.7 Å². The number of methoxy groups -OCH3 is 2. The fourth-order valence-electron chi connectivity index (χ4n) is 3.30. The van der Waals surface area contributed by atoms with Crippen molar-refractivity contribution in [2.75, 3.05) is 34.0 Å². The molecule has 0 aliphatic rings. The number of carbonyl (C=O) groups is 2. The molecule has 190 valence electrons. The van der Waals surface area contributed by atoms with Gasteiger partial charge in [-0.05, 0) is 48.5 Å². The first-order chi connectivity index (χ1) is 17.3. The van der Waals surface area contributed by atoms with Crippen molar-refractivity contribution in [1.82, 2.24) is 10.3 Å². The molecular weight excluding hydrogens is 495 g/mol. The minimum atomic E-state index is -1.31. The molecule has 0 spiro atoms.